The number of aromatic nitrogens is 1. The predicted octanol–water partition coefficient (Wildman–Crippen LogP) is 3.18. The smallest absolute Gasteiger partial charge is 0.252 e. The van der Waals surface area contributed by atoms with Gasteiger partial charge in [0.2, 0.25) is 0 Å². The molecule has 3 rings (SSSR count). The van der Waals surface area contributed by atoms with E-state index in [-0.39, 0.29) is 12.1 Å². The molecule has 1 aliphatic rings. The van der Waals surface area contributed by atoms with Crippen LogP contribution >= 0.6 is 0 Å². The van der Waals surface area contributed by atoms with E-state index in [1.807, 2.05) is 24.3 Å². The number of nitrogens with zero attached hydrogens (tertiary/aromatic N) is 1. The summed E-state index contributed by atoms with van der Waals surface area (Å²) in [6.45, 7) is 0. The highest BCUT2D eigenvalue weighted by Crippen LogP contribution is 2.25. The summed E-state index contributed by atoms with van der Waals surface area (Å²) in [5, 5.41) is 16.6. The number of anilines is 4. The van der Waals surface area contributed by atoms with Crippen molar-refractivity contribution in [2.24, 2.45) is 11.5 Å². The molecule has 152 valence electrons. The quantitative estimate of drug-likeness (QED) is 0.380. The van der Waals surface area contributed by atoms with Crippen molar-refractivity contribution < 1.29 is 4.79 Å². The number of nitrogens with two attached hydrogens (primary N) is 2. The minimum absolute atomic E-state index is 0.0968. The highest BCUT2D eigenvalue weighted by molar-refractivity contribution is 5.98. The second kappa shape index (κ2) is 9.70. The third-order valence-corrected chi connectivity index (χ3v) is 4.90. The Kier molecular flexibility index (Phi) is 6.80. The Labute approximate surface area is 170 Å². The number of primary amides is 1. The summed E-state index contributed by atoms with van der Waals surface area (Å²) >= 11 is 0. The van der Waals surface area contributed by atoms with Gasteiger partial charge in [-0.3, -0.25) is 4.79 Å². The molecule has 0 radical (unpaired) electrons. The van der Waals surface area contributed by atoms with Crippen molar-refractivity contribution in [1.29, 1.82) is 5.41 Å². The summed E-state index contributed by atoms with van der Waals surface area (Å²) in [5.41, 5.74) is 13.7. The van der Waals surface area contributed by atoms with Gasteiger partial charge in [-0.05, 0) is 55.3 Å². The number of hydrogen-bond donors (Lipinski definition) is 6. The molecule has 29 heavy (non-hydrogen) atoms. The monoisotopic (exact) mass is 393 g/mol. The zero-order chi connectivity index (χ0) is 20.6. The third-order valence-electron chi connectivity index (χ3n) is 4.90. The van der Waals surface area contributed by atoms with Crippen molar-refractivity contribution in [2.75, 3.05) is 16.0 Å². The summed E-state index contributed by atoms with van der Waals surface area (Å²) in [6.07, 6.45) is 8.76. The molecule has 1 aromatic heterocycles. The fourth-order valence-electron chi connectivity index (χ4n) is 3.34. The molecular weight excluding hydrogens is 366 g/mol. The number of carbonyl (C=O) groups excluding carboxylic acids is 1. The maximum absolute atomic E-state index is 11.8. The summed E-state index contributed by atoms with van der Waals surface area (Å²) < 4.78 is 0. The SMILES string of the molecule is N=C/C=C\Nc1ccc(Nc2nc(N[C@@H]3CCCC[C@@H]3N)ccc2C(N)=O)cc1. The van der Waals surface area contributed by atoms with Crippen LogP contribution in [-0.2, 0) is 0 Å². The largest absolute Gasteiger partial charge is 0.366 e. The van der Waals surface area contributed by atoms with Crippen molar-refractivity contribution in [1.82, 2.24) is 4.98 Å². The fraction of sp³-hybridized carbons (Fsp3) is 0.286. The topological polar surface area (TPSA) is 142 Å². The van der Waals surface area contributed by atoms with Gasteiger partial charge in [0, 0.05) is 35.9 Å². The first-order valence-corrected chi connectivity index (χ1v) is 9.69. The van der Waals surface area contributed by atoms with Crippen molar-refractivity contribution in [3.05, 3.63) is 54.2 Å². The average molecular weight is 393 g/mol. The Bertz CT molecular complexity index is 879. The van der Waals surface area contributed by atoms with E-state index in [4.69, 9.17) is 16.9 Å². The molecule has 0 bridgehead atoms. The van der Waals surface area contributed by atoms with E-state index < -0.39 is 5.91 Å². The van der Waals surface area contributed by atoms with E-state index >= 15 is 0 Å². The normalized spacial score (nSPS) is 18.9. The van der Waals surface area contributed by atoms with Gasteiger partial charge in [-0.25, -0.2) is 4.98 Å². The van der Waals surface area contributed by atoms with E-state index in [9.17, 15) is 4.79 Å². The van der Waals surface area contributed by atoms with E-state index in [0.717, 1.165) is 37.1 Å². The minimum Gasteiger partial charge on any atom is -0.366 e. The van der Waals surface area contributed by atoms with Crippen LogP contribution in [0, 0.1) is 5.41 Å². The van der Waals surface area contributed by atoms with Gasteiger partial charge in [-0.2, -0.15) is 0 Å². The second-order valence-electron chi connectivity index (χ2n) is 7.03. The summed E-state index contributed by atoms with van der Waals surface area (Å²) in [6, 6.07) is 11.2. The summed E-state index contributed by atoms with van der Waals surface area (Å²) in [4.78, 5) is 16.4. The molecule has 0 unspecified atom stereocenters. The lowest BCUT2D eigenvalue weighted by atomic mass is 9.91. The Hall–Kier alpha value is -3.39. The molecule has 1 aromatic carbocycles. The molecule has 2 aromatic rings. The van der Waals surface area contributed by atoms with E-state index in [1.54, 1.807) is 24.4 Å². The van der Waals surface area contributed by atoms with Gasteiger partial charge in [-0.15, -0.1) is 0 Å². The third kappa shape index (κ3) is 5.55. The molecule has 2 atom stereocenters. The van der Waals surface area contributed by atoms with Crippen LogP contribution in [0.5, 0.6) is 0 Å². The molecule has 8 N–H and O–H groups in total. The van der Waals surface area contributed by atoms with Gasteiger partial charge >= 0.3 is 0 Å². The first-order valence-electron chi connectivity index (χ1n) is 9.69. The number of hydrogen-bond acceptors (Lipinski definition) is 7. The zero-order valence-electron chi connectivity index (χ0n) is 16.2. The molecule has 8 nitrogen and oxygen atoms in total. The van der Waals surface area contributed by atoms with Crippen LogP contribution in [0.2, 0.25) is 0 Å². The molecule has 1 aliphatic carbocycles. The van der Waals surface area contributed by atoms with Crippen LogP contribution in [0.3, 0.4) is 0 Å². The lowest BCUT2D eigenvalue weighted by Crippen LogP contribution is -2.42. The lowest BCUT2D eigenvalue weighted by molar-refractivity contribution is 0.100. The van der Waals surface area contributed by atoms with Crippen molar-refractivity contribution in [3.63, 3.8) is 0 Å². The number of pyridine rings is 1. The Morgan fingerprint density at radius 3 is 2.52 bits per heavy atom. The molecular formula is C21H27N7O. The molecule has 0 aliphatic heterocycles. The Balaban J connectivity index is 1.76. The number of benzene rings is 1. The first-order chi connectivity index (χ1) is 14.1. The van der Waals surface area contributed by atoms with Gasteiger partial charge in [0.05, 0.1) is 5.56 Å². The van der Waals surface area contributed by atoms with Crippen LogP contribution in [0.1, 0.15) is 36.0 Å². The standard InChI is InChI=1S/C21H27N7O/c22-12-3-13-25-14-6-8-15(9-7-14)26-21-16(20(24)29)10-11-19(28-21)27-18-5-2-1-4-17(18)23/h3,6-13,17-18,22,25H,1-2,4-5,23H2,(H2,24,29)(H2,26,27,28)/b13-3-,22-12?/t17-,18+/m0/s1. The van der Waals surface area contributed by atoms with E-state index in [2.05, 4.69) is 20.9 Å². The molecule has 0 spiro atoms. The van der Waals surface area contributed by atoms with Gasteiger partial charge in [-0.1, -0.05) is 12.8 Å². The second-order valence-corrected chi connectivity index (χ2v) is 7.03. The fourth-order valence-corrected chi connectivity index (χ4v) is 3.34. The molecule has 8 heteroatoms. The van der Waals surface area contributed by atoms with E-state index in [1.165, 1.54) is 6.21 Å². The minimum atomic E-state index is -0.545. The maximum atomic E-state index is 11.8. The van der Waals surface area contributed by atoms with Gasteiger partial charge in [0.1, 0.15) is 11.6 Å². The van der Waals surface area contributed by atoms with Crippen LogP contribution in [-0.4, -0.2) is 29.2 Å². The van der Waals surface area contributed by atoms with Crippen molar-refractivity contribution in [2.45, 2.75) is 37.8 Å². The first kappa shape index (κ1) is 20.3. The van der Waals surface area contributed by atoms with Gasteiger partial charge < -0.3 is 32.8 Å². The van der Waals surface area contributed by atoms with Gasteiger partial charge in [0.15, 0.2) is 0 Å². The van der Waals surface area contributed by atoms with Crippen molar-refractivity contribution in [3.8, 4) is 0 Å². The van der Waals surface area contributed by atoms with Crippen LogP contribution in [0.25, 0.3) is 0 Å². The molecule has 0 saturated heterocycles. The van der Waals surface area contributed by atoms with Crippen LogP contribution < -0.4 is 27.4 Å². The zero-order valence-corrected chi connectivity index (χ0v) is 16.2. The molecule has 1 amide bonds. The van der Waals surface area contributed by atoms with Crippen LogP contribution in [0.15, 0.2) is 48.7 Å². The maximum Gasteiger partial charge on any atom is 0.252 e. The summed E-state index contributed by atoms with van der Waals surface area (Å²) in [5.74, 6) is 0.516. The number of carbonyl (C=O) groups is 1. The van der Waals surface area contributed by atoms with Gasteiger partial charge in [0.25, 0.3) is 5.91 Å². The molecule has 1 heterocycles. The lowest BCUT2D eigenvalue weighted by Gasteiger charge is -2.29. The predicted molar refractivity (Wildman–Crippen MR) is 118 cm³/mol. The van der Waals surface area contributed by atoms with Crippen molar-refractivity contribution >= 4 is 35.1 Å². The average Bonchev–Trinajstić information content (AvgIpc) is 2.71. The highest BCUT2D eigenvalue weighted by atomic mass is 16.1. The van der Waals surface area contributed by atoms with Crippen LogP contribution in [0.4, 0.5) is 23.0 Å². The Morgan fingerprint density at radius 2 is 1.83 bits per heavy atom. The Morgan fingerprint density at radius 1 is 1.10 bits per heavy atom. The number of rotatable bonds is 8. The van der Waals surface area contributed by atoms with E-state index in [0.29, 0.717) is 17.2 Å². The number of allylic oxidation sites excluding steroid dienone is 1. The molecule has 1 saturated carbocycles. The highest BCUT2D eigenvalue weighted by Gasteiger charge is 2.22. The molecule has 1 fully saturated rings. The summed E-state index contributed by atoms with van der Waals surface area (Å²) in [7, 11) is 0. The number of nitrogens with one attached hydrogen (secondary N) is 4. The number of amides is 1.